The average molecular weight is 473 g/mol. The first-order chi connectivity index (χ1) is 17.0. The summed E-state index contributed by atoms with van der Waals surface area (Å²) < 4.78 is 20.3. The predicted octanol–water partition coefficient (Wildman–Crippen LogP) is 5.10. The number of anilines is 1. The van der Waals surface area contributed by atoms with Crippen LogP contribution in [0.5, 0.6) is 5.75 Å². The summed E-state index contributed by atoms with van der Waals surface area (Å²) in [4.78, 5) is 19.8. The Morgan fingerprint density at radius 1 is 1.06 bits per heavy atom. The molecule has 35 heavy (non-hydrogen) atoms. The molecule has 0 spiro atoms. The van der Waals surface area contributed by atoms with E-state index >= 15 is 0 Å². The van der Waals surface area contributed by atoms with Crippen LogP contribution in [0.15, 0.2) is 66.9 Å². The third-order valence-corrected chi connectivity index (χ3v) is 6.81. The molecular formula is C28H29FN4O2. The molecule has 0 atom stereocenters. The van der Waals surface area contributed by atoms with Crippen LogP contribution >= 0.6 is 0 Å². The van der Waals surface area contributed by atoms with Gasteiger partial charge >= 0.3 is 0 Å². The molecule has 0 aliphatic carbocycles. The van der Waals surface area contributed by atoms with Crippen molar-refractivity contribution in [2.24, 2.45) is 0 Å². The molecule has 180 valence electrons. The van der Waals surface area contributed by atoms with Crippen molar-refractivity contribution in [3.8, 4) is 5.75 Å². The molecule has 7 heteroatoms. The number of aryl methyl sites for hydroxylation is 1. The minimum absolute atomic E-state index is 0.171. The average Bonchev–Trinajstić information content (AvgIpc) is 3.23. The van der Waals surface area contributed by atoms with Gasteiger partial charge < -0.3 is 15.0 Å². The number of rotatable bonds is 6. The van der Waals surface area contributed by atoms with Crippen molar-refractivity contribution < 1.29 is 13.9 Å². The van der Waals surface area contributed by atoms with Crippen LogP contribution in [0.25, 0.3) is 5.65 Å². The molecule has 1 N–H and O–H groups in total. The number of methoxy groups -OCH3 is 1. The largest absolute Gasteiger partial charge is 0.495 e. The summed E-state index contributed by atoms with van der Waals surface area (Å²) in [5.41, 5.74) is 5.34. The van der Waals surface area contributed by atoms with E-state index in [1.165, 1.54) is 11.3 Å². The third kappa shape index (κ3) is 4.85. The second-order valence-electron chi connectivity index (χ2n) is 9.00. The molecule has 3 heterocycles. The number of nitrogens with one attached hydrogen (secondary N) is 1. The molecule has 1 fully saturated rings. The monoisotopic (exact) mass is 472 g/mol. The number of piperidine rings is 1. The lowest BCUT2D eigenvalue weighted by Gasteiger charge is -2.34. The van der Waals surface area contributed by atoms with E-state index in [0.29, 0.717) is 35.2 Å². The van der Waals surface area contributed by atoms with Gasteiger partial charge in [0.25, 0.3) is 5.91 Å². The van der Waals surface area contributed by atoms with Gasteiger partial charge in [0.05, 0.1) is 19.0 Å². The quantitative estimate of drug-likeness (QED) is 0.424. The number of hydrogen-bond acceptors (Lipinski definition) is 4. The number of nitrogens with zero attached hydrogens (tertiary/aromatic N) is 3. The molecule has 1 amide bonds. The van der Waals surface area contributed by atoms with Crippen molar-refractivity contribution in [1.29, 1.82) is 0 Å². The predicted molar refractivity (Wildman–Crippen MR) is 135 cm³/mol. The van der Waals surface area contributed by atoms with Gasteiger partial charge in [-0.2, -0.15) is 0 Å². The van der Waals surface area contributed by atoms with E-state index in [0.717, 1.165) is 31.5 Å². The van der Waals surface area contributed by atoms with Crippen LogP contribution in [0.3, 0.4) is 0 Å². The van der Waals surface area contributed by atoms with E-state index in [4.69, 9.17) is 4.74 Å². The minimum atomic E-state index is -0.184. The van der Waals surface area contributed by atoms with E-state index in [-0.39, 0.29) is 11.7 Å². The van der Waals surface area contributed by atoms with Gasteiger partial charge in [0, 0.05) is 25.3 Å². The van der Waals surface area contributed by atoms with Crippen LogP contribution < -0.4 is 15.0 Å². The summed E-state index contributed by atoms with van der Waals surface area (Å²) in [7, 11) is 1.60. The zero-order chi connectivity index (χ0) is 24.4. The fraction of sp³-hybridized carbons (Fsp3) is 0.286. The summed E-state index contributed by atoms with van der Waals surface area (Å²) in [5.74, 6) is 0.789. The zero-order valence-corrected chi connectivity index (χ0v) is 20.0. The van der Waals surface area contributed by atoms with Crippen LogP contribution in [-0.4, -0.2) is 35.5 Å². The molecule has 0 saturated carbocycles. The number of amides is 1. The molecule has 2 aromatic heterocycles. The molecule has 0 radical (unpaired) electrons. The third-order valence-electron chi connectivity index (χ3n) is 6.81. The maximum absolute atomic E-state index is 13.2. The van der Waals surface area contributed by atoms with E-state index in [1.807, 2.05) is 31.2 Å². The van der Waals surface area contributed by atoms with Crippen LogP contribution in [0.1, 0.15) is 46.1 Å². The molecular weight excluding hydrogens is 443 g/mol. The zero-order valence-electron chi connectivity index (χ0n) is 20.0. The molecule has 4 aromatic rings. The first kappa shape index (κ1) is 22.9. The Morgan fingerprint density at radius 2 is 1.77 bits per heavy atom. The van der Waals surface area contributed by atoms with Crippen molar-refractivity contribution in [2.75, 3.05) is 25.1 Å². The summed E-state index contributed by atoms with van der Waals surface area (Å²) in [5, 5.41) is 3.02. The Balaban J connectivity index is 1.19. The summed E-state index contributed by atoms with van der Waals surface area (Å²) in [6.45, 7) is 4.20. The highest BCUT2D eigenvalue weighted by Gasteiger charge is 2.21. The lowest BCUT2D eigenvalue weighted by atomic mass is 9.89. The first-order valence-corrected chi connectivity index (χ1v) is 11.9. The van der Waals surface area contributed by atoms with Crippen molar-refractivity contribution in [1.82, 2.24) is 14.7 Å². The van der Waals surface area contributed by atoms with Gasteiger partial charge in [0.2, 0.25) is 0 Å². The number of fused-ring (bicyclic) bond motifs is 1. The Hall–Kier alpha value is -3.87. The molecule has 1 saturated heterocycles. The van der Waals surface area contributed by atoms with Crippen molar-refractivity contribution in [2.45, 2.75) is 32.2 Å². The molecule has 5 rings (SSSR count). The topological polar surface area (TPSA) is 58.9 Å². The minimum Gasteiger partial charge on any atom is -0.495 e. The lowest BCUT2D eigenvalue weighted by Crippen LogP contribution is -2.32. The number of imidazole rings is 1. The van der Waals surface area contributed by atoms with Gasteiger partial charge in [-0.15, -0.1) is 0 Å². The molecule has 0 bridgehead atoms. The molecule has 1 aliphatic heterocycles. The first-order valence-electron chi connectivity index (χ1n) is 11.9. The smallest absolute Gasteiger partial charge is 0.270 e. The van der Waals surface area contributed by atoms with Crippen molar-refractivity contribution >= 4 is 17.2 Å². The summed E-state index contributed by atoms with van der Waals surface area (Å²) >= 11 is 0. The Kier molecular flexibility index (Phi) is 6.40. The van der Waals surface area contributed by atoms with Gasteiger partial charge in [-0.25, -0.2) is 9.37 Å². The van der Waals surface area contributed by atoms with Gasteiger partial charge in [-0.1, -0.05) is 24.3 Å². The van der Waals surface area contributed by atoms with E-state index in [1.54, 1.807) is 29.8 Å². The lowest BCUT2D eigenvalue weighted by molar-refractivity contribution is 0.0944. The fourth-order valence-electron chi connectivity index (χ4n) is 4.83. The normalized spacial score (nSPS) is 14.3. The Bertz CT molecular complexity index is 1320. The van der Waals surface area contributed by atoms with Crippen molar-refractivity contribution in [3.63, 3.8) is 0 Å². The SMILES string of the molecule is COc1ccc2nc(C)c(C(=O)NCc3ccc(N4CCC(c5ccc(F)cc5)CC4)cc3)n2c1. The highest BCUT2D eigenvalue weighted by Crippen LogP contribution is 2.30. The number of aromatic nitrogens is 2. The highest BCUT2D eigenvalue weighted by molar-refractivity contribution is 5.94. The van der Waals surface area contributed by atoms with Gasteiger partial charge in [0.1, 0.15) is 22.9 Å². The molecule has 0 unspecified atom stereocenters. The van der Waals surface area contributed by atoms with Crippen LogP contribution in [0, 0.1) is 12.7 Å². The number of hydrogen-bond donors (Lipinski definition) is 1. The number of carbonyl (C=O) groups is 1. The standard InChI is InChI=1S/C28H29FN4O2/c1-19-27(33-18-25(35-2)11-12-26(33)31-19)28(34)30-17-20-3-9-24(10-4-20)32-15-13-22(14-16-32)21-5-7-23(29)8-6-21/h3-12,18,22H,13-17H2,1-2H3,(H,30,34). The number of benzene rings is 2. The highest BCUT2D eigenvalue weighted by atomic mass is 19.1. The molecule has 6 nitrogen and oxygen atoms in total. The van der Waals surface area contributed by atoms with Gasteiger partial charge in [-0.3, -0.25) is 9.20 Å². The van der Waals surface area contributed by atoms with E-state index < -0.39 is 0 Å². The maximum atomic E-state index is 13.2. The summed E-state index contributed by atoms with van der Waals surface area (Å²) in [6.07, 6.45) is 3.87. The number of carbonyl (C=O) groups excluding carboxylic acids is 1. The van der Waals surface area contributed by atoms with Crippen molar-refractivity contribution in [3.05, 3.63) is 95.2 Å². The number of halogens is 1. The second-order valence-corrected chi connectivity index (χ2v) is 9.00. The van der Waals surface area contributed by atoms with E-state index in [9.17, 15) is 9.18 Å². The second kappa shape index (κ2) is 9.78. The Morgan fingerprint density at radius 3 is 2.46 bits per heavy atom. The number of pyridine rings is 1. The van der Waals surface area contributed by atoms with Gasteiger partial charge in [0.15, 0.2) is 0 Å². The number of ether oxygens (including phenoxy) is 1. The Labute approximate surface area is 204 Å². The summed E-state index contributed by atoms with van der Waals surface area (Å²) in [6, 6.07) is 18.9. The molecule has 2 aromatic carbocycles. The maximum Gasteiger partial charge on any atom is 0.270 e. The molecule has 1 aliphatic rings. The fourth-order valence-corrected chi connectivity index (χ4v) is 4.83. The van der Waals surface area contributed by atoms with Gasteiger partial charge in [-0.05, 0) is 73.2 Å². The van der Waals surface area contributed by atoms with Crippen LogP contribution in [0.4, 0.5) is 10.1 Å². The van der Waals surface area contributed by atoms with Crippen LogP contribution in [-0.2, 0) is 6.54 Å². The van der Waals surface area contributed by atoms with Crippen LogP contribution in [0.2, 0.25) is 0 Å². The van der Waals surface area contributed by atoms with E-state index in [2.05, 4.69) is 39.5 Å².